The van der Waals surface area contributed by atoms with Gasteiger partial charge >= 0.3 is 6.18 Å². The number of benzene rings is 1. The third-order valence-electron chi connectivity index (χ3n) is 3.11. The van der Waals surface area contributed by atoms with Gasteiger partial charge in [0.25, 0.3) is 0 Å². The summed E-state index contributed by atoms with van der Waals surface area (Å²) in [7, 11) is 3.32. The van der Waals surface area contributed by atoms with Crippen molar-refractivity contribution in [3.63, 3.8) is 0 Å². The van der Waals surface area contributed by atoms with Gasteiger partial charge in [0, 0.05) is 39.5 Å². The second kappa shape index (κ2) is 7.50. The highest BCUT2D eigenvalue weighted by atomic mass is 19.4. The fourth-order valence-electron chi connectivity index (χ4n) is 1.80. The Morgan fingerprint density at radius 1 is 1.30 bits per heavy atom. The van der Waals surface area contributed by atoms with Gasteiger partial charge in [0.05, 0.1) is 12.2 Å². The van der Waals surface area contributed by atoms with Crippen LogP contribution >= 0.6 is 0 Å². The number of nitrogens with one attached hydrogen (secondary N) is 1. The van der Waals surface area contributed by atoms with Crippen molar-refractivity contribution < 1.29 is 17.9 Å². The van der Waals surface area contributed by atoms with Crippen LogP contribution in [0.3, 0.4) is 0 Å². The van der Waals surface area contributed by atoms with Crippen LogP contribution < -0.4 is 10.2 Å². The molecule has 0 unspecified atom stereocenters. The summed E-state index contributed by atoms with van der Waals surface area (Å²) in [4.78, 5) is 1.78. The van der Waals surface area contributed by atoms with E-state index in [-0.39, 0.29) is 12.1 Å². The van der Waals surface area contributed by atoms with Gasteiger partial charge in [-0.3, -0.25) is 0 Å². The molecule has 3 nitrogen and oxygen atoms in total. The lowest BCUT2D eigenvalue weighted by atomic mass is 10.1. The topological polar surface area (TPSA) is 24.5 Å². The van der Waals surface area contributed by atoms with E-state index < -0.39 is 11.7 Å². The maximum Gasteiger partial charge on any atom is 0.416 e. The molecule has 0 atom stereocenters. The van der Waals surface area contributed by atoms with Crippen LogP contribution in [0.1, 0.15) is 18.1 Å². The molecule has 0 bridgehead atoms. The molecule has 0 heterocycles. The molecule has 0 aliphatic rings. The minimum absolute atomic E-state index is 0.175. The molecule has 0 aromatic heterocycles. The van der Waals surface area contributed by atoms with Crippen molar-refractivity contribution in [2.75, 3.05) is 38.8 Å². The molecular weight excluding hydrogens is 269 g/mol. The van der Waals surface area contributed by atoms with Crippen molar-refractivity contribution in [1.82, 2.24) is 5.32 Å². The van der Waals surface area contributed by atoms with E-state index in [1.807, 2.05) is 6.92 Å². The Kier molecular flexibility index (Phi) is 6.29. The maximum absolute atomic E-state index is 13.1. The van der Waals surface area contributed by atoms with E-state index in [1.54, 1.807) is 25.1 Å². The van der Waals surface area contributed by atoms with Crippen molar-refractivity contribution in [2.24, 2.45) is 0 Å². The summed E-state index contributed by atoms with van der Waals surface area (Å²) in [6.07, 6.45) is -4.34. The molecule has 0 radical (unpaired) electrons. The zero-order valence-electron chi connectivity index (χ0n) is 12.0. The van der Waals surface area contributed by atoms with Crippen molar-refractivity contribution in [3.8, 4) is 0 Å². The lowest BCUT2D eigenvalue weighted by molar-refractivity contribution is -0.138. The van der Waals surface area contributed by atoms with E-state index in [4.69, 9.17) is 4.74 Å². The Morgan fingerprint density at radius 3 is 2.55 bits per heavy atom. The zero-order chi connectivity index (χ0) is 15.2. The first-order valence-corrected chi connectivity index (χ1v) is 6.51. The first-order chi connectivity index (χ1) is 9.40. The zero-order valence-corrected chi connectivity index (χ0v) is 12.0. The lowest BCUT2D eigenvalue weighted by Crippen LogP contribution is -2.22. The molecule has 0 saturated carbocycles. The summed E-state index contributed by atoms with van der Waals surface area (Å²) < 4.78 is 44.2. The minimum Gasteiger partial charge on any atom is -0.383 e. The maximum atomic E-state index is 13.1. The van der Waals surface area contributed by atoms with E-state index in [0.29, 0.717) is 25.4 Å². The quantitative estimate of drug-likeness (QED) is 0.782. The molecule has 1 aromatic carbocycles. The first-order valence-electron chi connectivity index (χ1n) is 6.51. The molecule has 0 fully saturated rings. The minimum atomic E-state index is -4.34. The molecule has 0 aliphatic heterocycles. The SMILES string of the molecule is CCN(C)c1ccc(CNCCOC)c(C(F)(F)F)c1. The Hall–Kier alpha value is -1.27. The van der Waals surface area contributed by atoms with Crippen LogP contribution in [0.5, 0.6) is 0 Å². The molecule has 20 heavy (non-hydrogen) atoms. The molecule has 0 aliphatic carbocycles. The van der Waals surface area contributed by atoms with Gasteiger partial charge in [-0.2, -0.15) is 13.2 Å². The van der Waals surface area contributed by atoms with Crippen molar-refractivity contribution in [2.45, 2.75) is 19.6 Å². The predicted molar refractivity (Wildman–Crippen MR) is 74.0 cm³/mol. The number of anilines is 1. The van der Waals surface area contributed by atoms with E-state index in [9.17, 15) is 13.2 Å². The van der Waals surface area contributed by atoms with Gasteiger partial charge in [-0.05, 0) is 24.6 Å². The fourth-order valence-corrected chi connectivity index (χ4v) is 1.80. The summed E-state index contributed by atoms with van der Waals surface area (Å²) in [5.41, 5.74) is 0.238. The summed E-state index contributed by atoms with van der Waals surface area (Å²) in [6, 6.07) is 4.45. The van der Waals surface area contributed by atoms with E-state index >= 15 is 0 Å². The molecule has 0 saturated heterocycles. The number of nitrogens with zero attached hydrogens (tertiary/aromatic N) is 1. The third-order valence-corrected chi connectivity index (χ3v) is 3.11. The number of methoxy groups -OCH3 is 1. The van der Waals surface area contributed by atoms with Crippen molar-refractivity contribution >= 4 is 5.69 Å². The Labute approximate surface area is 117 Å². The van der Waals surface area contributed by atoms with Gasteiger partial charge in [0.1, 0.15) is 0 Å². The molecule has 1 rings (SSSR count). The van der Waals surface area contributed by atoms with Gasteiger partial charge in [0.2, 0.25) is 0 Å². The summed E-state index contributed by atoms with van der Waals surface area (Å²) in [5, 5.41) is 2.94. The number of hydrogen-bond acceptors (Lipinski definition) is 3. The van der Waals surface area contributed by atoms with E-state index in [1.165, 1.54) is 12.1 Å². The first kappa shape index (κ1) is 16.8. The number of alkyl halides is 3. The van der Waals surface area contributed by atoms with Crippen LogP contribution in [-0.4, -0.2) is 33.9 Å². The second-order valence-corrected chi connectivity index (χ2v) is 4.52. The van der Waals surface area contributed by atoms with Gasteiger partial charge < -0.3 is 15.0 Å². The monoisotopic (exact) mass is 290 g/mol. The standard InChI is InChI=1S/C14H21F3N2O/c1-4-19(2)12-6-5-11(10-18-7-8-20-3)13(9-12)14(15,16)17/h5-6,9,18H,4,7-8,10H2,1-3H3. The molecule has 0 spiro atoms. The number of hydrogen-bond donors (Lipinski definition) is 1. The van der Waals surface area contributed by atoms with Gasteiger partial charge in [-0.1, -0.05) is 6.07 Å². The fraction of sp³-hybridized carbons (Fsp3) is 0.571. The summed E-state index contributed by atoms with van der Waals surface area (Å²) >= 11 is 0. The molecule has 0 amide bonds. The number of ether oxygens (including phenoxy) is 1. The average Bonchev–Trinajstić information content (AvgIpc) is 2.41. The third kappa shape index (κ3) is 4.68. The van der Waals surface area contributed by atoms with Gasteiger partial charge in [0.15, 0.2) is 0 Å². The lowest BCUT2D eigenvalue weighted by Gasteiger charge is -2.20. The average molecular weight is 290 g/mol. The Balaban J connectivity index is 2.93. The highest BCUT2D eigenvalue weighted by molar-refractivity contribution is 5.51. The number of rotatable bonds is 7. The summed E-state index contributed by atoms with van der Waals surface area (Å²) in [5.74, 6) is 0. The van der Waals surface area contributed by atoms with Crippen LogP contribution in [0.25, 0.3) is 0 Å². The van der Waals surface area contributed by atoms with Crippen LogP contribution in [0.2, 0.25) is 0 Å². The largest absolute Gasteiger partial charge is 0.416 e. The van der Waals surface area contributed by atoms with Crippen LogP contribution in [0.4, 0.5) is 18.9 Å². The molecule has 114 valence electrons. The second-order valence-electron chi connectivity index (χ2n) is 4.52. The van der Waals surface area contributed by atoms with Crippen LogP contribution in [0, 0.1) is 0 Å². The van der Waals surface area contributed by atoms with Crippen molar-refractivity contribution in [3.05, 3.63) is 29.3 Å². The highest BCUT2D eigenvalue weighted by Crippen LogP contribution is 2.34. The van der Waals surface area contributed by atoms with E-state index in [2.05, 4.69) is 5.32 Å². The van der Waals surface area contributed by atoms with Gasteiger partial charge in [-0.15, -0.1) is 0 Å². The Morgan fingerprint density at radius 2 is 2.00 bits per heavy atom. The van der Waals surface area contributed by atoms with Crippen LogP contribution in [0.15, 0.2) is 18.2 Å². The normalized spacial score (nSPS) is 11.7. The molecule has 1 aromatic rings. The smallest absolute Gasteiger partial charge is 0.383 e. The van der Waals surface area contributed by atoms with Crippen LogP contribution in [-0.2, 0) is 17.5 Å². The highest BCUT2D eigenvalue weighted by Gasteiger charge is 2.33. The number of halogens is 3. The molecule has 1 N–H and O–H groups in total. The van der Waals surface area contributed by atoms with Gasteiger partial charge in [-0.25, -0.2) is 0 Å². The van der Waals surface area contributed by atoms with E-state index in [0.717, 1.165) is 0 Å². The molecular formula is C14H21F3N2O. The predicted octanol–water partition coefficient (Wildman–Crippen LogP) is 2.90. The van der Waals surface area contributed by atoms with Crippen molar-refractivity contribution in [1.29, 1.82) is 0 Å². The Bertz CT molecular complexity index is 421. The summed E-state index contributed by atoms with van der Waals surface area (Å²) in [6.45, 7) is 3.72. The molecule has 6 heteroatoms.